The number of hydrogen-bond donors (Lipinski definition) is 1. The van der Waals surface area contributed by atoms with Crippen molar-refractivity contribution in [1.82, 2.24) is 25.2 Å². The second kappa shape index (κ2) is 10.1. The molecule has 1 fully saturated rings. The summed E-state index contributed by atoms with van der Waals surface area (Å²) in [5.41, 5.74) is 3.28. The molecule has 0 radical (unpaired) electrons. The van der Waals surface area contributed by atoms with Gasteiger partial charge >= 0.3 is 0 Å². The number of nitrogens with zero attached hydrogens (tertiary/aromatic N) is 5. The molecule has 1 aromatic heterocycles. The van der Waals surface area contributed by atoms with E-state index in [1.165, 1.54) is 16.8 Å². The van der Waals surface area contributed by atoms with Crippen LogP contribution in [0.1, 0.15) is 41.2 Å². The molecule has 4 rings (SSSR count). The fraction of sp³-hybridized carbons (Fsp3) is 0.375. The third kappa shape index (κ3) is 5.29. The van der Waals surface area contributed by atoms with Crippen LogP contribution in [0.25, 0.3) is 5.69 Å². The fourth-order valence-electron chi connectivity index (χ4n) is 4.32. The van der Waals surface area contributed by atoms with Crippen LogP contribution in [0.15, 0.2) is 48.5 Å². The van der Waals surface area contributed by atoms with Crippen molar-refractivity contribution in [2.24, 2.45) is 0 Å². The molecule has 0 bridgehead atoms. The number of nitro groups is 1. The van der Waals surface area contributed by atoms with Crippen LogP contribution in [-0.2, 0) is 17.8 Å². The van der Waals surface area contributed by atoms with Crippen molar-refractivity contribution in [3.8, 4) is 5.69 Å². The van der Waals surface area contributed by atoms with Gasteiger partial charge in [0.15, 0.2) is 5.69 Å². The van der Waals surface area contributed by atoms with Gasteiger partial charge in [-0.25, -0.2) is 4.68 Å². The van der Waals surface area contributed by atoms with Crippen LogP contribution in [0.2, 0.25) is 0 Å². The van der Waals surface area contributed by atoms with E-state index in [0.717, 1.165) is 30.8 Å². The Morgan fingerprint density at radius 1 is 1.15 bits per heavy atom. The fourth-order valence-corrected chi connectivity index (χ4v) is 4.32. The van der Waals surface area contributed by atoms with Gasteiger partial charge in [0.05, 0.1) is 28.5 Å². The lowest BCUT2D eigenvalue weighted by Gasteiger charge is -2.35. The highest BCUT2D eigenvalue weighted by atomic mass is 16.6. The zero-order valence-corrected chi connectivity index (χ0v) is 19.5. The lowest BCUT2D eigenvalue weighted by molar-refractivity contribution is -0.384. The second-order valence-corrected chi connectivity index (χ2v) is 8.62. The highest BCUT2D eigenvalue weighted by molar-refractivity contribution is 5.93. The number of ether oxygens (including phenoxy) is 1. The minimum atomic E-state index is -0.473. The highest BCUT2D eigenvalue weighted by Gasteiger charge is 2.23. The van der Waals surface area contributed by atoms with E-state index in [2.05, 4.69) is 40.4 Å². The summed E-state index contributed by atoms with van der Waals surface area (Å²) < 4.78 is 7.26. The maximum Gasteiger partial charge on any atom is 0.274 e. The first kappa shape index (κ1) is 23.5. The van der Waals surface area contributed by atoms with Gasteiger partial charge in [-0.15, -0.1) is 5.10 Å². The molecule has 1 amide bonds. The zero-order valence-electron chi connectivity index (χ0n) is 19.5. The Hall–Kier alpha value is -3.63. The summed E-state index contributed by atoms with van der Waals surface area (Å²) in [6.07, 6.45) is 0.375. The normalized spacial score (nSPS) is 18.6. The summed E-state index contributed by atoms with van der Waals surface area (Å²) in [5, 5.41) is 22.1. The van der Waals surface area contributed by atoms with Gasteiger partial charge in [-0.2, -0.15) is 0 Å². The van der Waals surface area contributed by atoms with Gasteiger partial charge in [0.25, 0.3) is 11.6 Å². The molecule has 10 nitrogen and oxygen atoms in total. The lowest BCUT2D eigenvalue weighted by Crippen LogP contribution is -2.45. The van der Waals surface area contributed by atoms with Crippen LogP contribution in [-0.4, -0.2) is 56.0 Å². The Morgan fingerprint density at radius 2 is 1.85 bits per heavy atom. The molecule has 2 atom stereocenters. The van der Waals surface area contributed by atoms with Crippen LogP contribution in [0, 0.1) is 17.0 Å². The predicted molar refractivity (Wildman–Crippen MR) is 126 cm³/mol. The maximum atomic E-state index is 12.9. The minimum Gasteiger partial charge on any atom is -0.373 e. The number of carbonyl (C=O) groups excluding carboxylic acids is 1. The smallest absolute Gasteiger partial charge is 0.274 e. The van der Waals surface area contributed by atoms with Crippen molar-refractivity contribution in [3.63, 3.8) is 0 Å². The third-order valence-electron chi connectivity index (χ3n) is 5.84. The van der Waals surface area contributed by atoms with E-state index in [1.807, 2.05) is 18.2 Å². The Kier molecular flexibility index (Phi) is 6.99. The number of nitro benzene ring substituents is 1. The number of amides is 1. The van der Waals surface area contributed by atoms with E-state index in [4.69, 9.17) is 4.74 Å². The van der Waals surface area contributed by atoms with Crippen molar-refractivity contribution >= 4 is 11.6 Å². The second-order valence-electron chi connectivity index (χ2n) is 8.62. The van der Waals surface area contributed by atoms with Crippen molar-refractivity contribution in [2.75, 3.05) is 13.1 Å². The summed E-state index contributed by atoms with van der Waals surface area (Å²) in [6.45, 7) is 8.74. The highest BCUT2D eigenvalue weighted by Crippen LogP contribution is 2.19. The van der Waals surface area contributed by atoms with Crippen LogP contribution in [0.4, 0.5) is 5.69 Å². The topological polar surface area (TPSA) is 115 Å². The van der Waals surface area contributed by atoms with E-state index in [-0.39, 0.29) is 29.5 Å². The first-order valence-electron chi connectivity index (χ1n) is 11.2. The van der Waals surface area contributed by atoms with Gasteiger partial charge in [-0.3, -0.25) is 19.8 Å². The molecule has 0 spiro atoms. The largest absolute Gasteiger partial charge is 0.373 e. The molecule has 1 aliphatic rings. The summed E-state index contributed by atoms with van der Waals surface area (Å²) >= 11 is 0. The Morgan fingerprint density at radius 3 is 2.56 bits per heavy atom. The summed E-state index contributed by atoms with van der Waals surface area (Å²) in [6, 6.07) is 14.1. The van der Waals surface area contributed by atoms with Gasteiger partial charge < -0.3 is 10.1 Å². The van der Waals surface area contributed by atoms with Crippen LogP contribution in [0.3, 0.4) is 0 Å². The number of nitrogens with one attached hydrogen (secondary N) is 1. The van der Waals surface area contributed by atoms with Crippen molar-refractivity contribution in [3.05, 3.63) is 81.2 Å². The van der Waals surface area contributed by atoms with Crippen LogP contribution >= 0.6 is 0 Å². The Labute approximate surface area is 197 Å². The van der Waals surface area contributed by atoms with E-state index < -0.39 is 4.92 Å². The van der Waals surface area contributed by atoms with E-state index in [1.54, 1.807) is 19.1 Å². The molecule has 34 heavy (non-hydrogen) atoms. The van der Waals surface area contributed by atoms with Crippen molar-refractivity contribution < 1.29 is 14.5 Å². The summed E-state index contributed by atoms with van der Waals surface area (Å²) in [4.78, 5) is 25.9. The SMILES string of the molecule is Cc1c(C(=O)NCc2ccccc2CN2CC(C)OC(C)C2)nnn1-c1cccc([N+](=O)[O-])c1. The van der Waals surface area contributed by atoms with Gasteiger partial charge in [-0.1, -0.05) is 35.5 Å². The molecule has 10 heteroatoms. The van der Waals surface area contributed by atoms with Crippen LogP contribution in [0.5, 0.6) is 0 Å². The molecule has 3 aromatic rings. The van der Waals surface area contributed by atoms with Crippen molar-refractivity contribution in [2.45, 2.75) is 46.1 Å². The molecule has 0 saturated carbocycles. The monoisotopic (exact) mass is 464 g/mol. The third-order valence-corrected chi connectivity index (χ3v) is 5.84. The minimum absolute atomic E-state index is 0.0564. The molecular formula is C24H28N6O4. The molecule has 1 N–H and O–H groups in total. The number of carbonyl (C=O) groups is 1. The number of morpholine rings is 1. The maximum absolute atomic E-state index is 12.9. The molecule has 178 valence electrons. The predicted octanol–water partition coefficient (Wildman–Crippen LogP) is 3.02. The van der Waals surface area contributed by atoms with Crippen molar-refractivity contribution in [1.29, 1.82) is 0 Å². The average Bonchev–Trinajstić information content (AvgIpc) is 3.19. The summed E-state index contributed by atoms with van der Waals surface area (Å²) in [7, 11) is 0. The van der Waals surface area contributed by atoms with Gasteiger partial charge in [0.1, 0.15) is 0 Å². The van der Waals surface area contributed by atoms with Gasteiger partial charge in [0.2, 0.25) is 0 Å². The Balaban J connectivity index is 1.45. The zero-order chi connectivity index (χ0) is 24.2. The molecule has 2 unspecified atom stereocenters. The average molecular weight is 465 g/mol. The standard InChI is InChI=1S/C24H28N6O4/c1-16-13-28(14-17(2)34-16)15-20-8-5-4-7-19(20)12-25-24(31)23-18(3)29(27-26-23)21-9-6-10-22(11-21)30(32)33/h4-11,16-17H,12-15H2,1-3H3,(H,25,31). The molecular weight excluding hydrogens is 436 g/mol. The molecule has 1 aliphatic heterocycles. The Bertz CT molecular complexity index is 1180. The summed E-state index contributed by atoms with van der Waals surface area (Å²) in [5.74, 6) is -0.349. The number of hydrogen-bond acceptors (Lipinski definition) is 7. The van der Waals surface area contributed by atoms with Crippen LogP contribution < -0.4 is 5.32 Å². The first-order valence-corrected chi connectivity index (χ1v) is 11.2. The molecule has 2 aromatic carbocycles. The molecule has 2 heterocycles. The van der Waals surface area contributed by atoms with E-state index in [0.29, 0.717) is 17.9 Å². The van der Waals surface area contributed by atoms with E-state index in [9.17, 15) is 14.9 Å². The van der Waals surface area contributed by atoms with E-state index >= 15 is 0 Å². The number of benzene rings is 2. The lowest BCUT2D eigenvalue weighted by atomic mass is 10.1. The first-order chi connectivity index (χ1) is 16.3. The molecule has 1 saturated heterocycles. The quantitative estimate of drug-likeness (QED) is 0.422. The number of aromatic nitrogens is 3. The molecule has 0 aliphatic carbocycles. The number of non-ortho nitro benzene ring substituents is 1. The van der Waals surface area contributed by atoms with Gasteiger partial charge in [0, 0.05) is 38.3 Å². The number of rotatable bonds is 7. The van der Waals surface area contributed by atoms with Gasteiger partial charge in [-0.05, 0) is 38.0 Å².